The van der Waals surface area contributed by atoms with Crippen molar-refractivity contribution in [3.63, 3.8) is 0 Å². The van der Waals surface area contributed by atoms with Crippen LogP contribution in [0.25, 0.3) is 87.9 Å². The summed E-state index contributed by atoms with van der Waals surface area (Å²) < 4.78 is 4.74. The van der Waals surface area contributed by atoms with Crippen LogP contribution in [0, 0.1) is 0 Å². The molecule has 3 heteroatoms. The van der Waals surface area contributed by atoms with Gasteiger partial charge in [-0.05, 0) is 64.7 Å². The third-order valence-electron chi connectivity index (χ3n) is 9.46. The van der Waals surface area contributed by atoms with E-state index in [2.05, 4.69) is 173 Å². The molecule has 46 heavy (non-hydrogen) atoms. The maximum Gasteiger partial charge on any atom is 0.138 e. The van der Waals surface area contributed by atoms with E-state index < -0.39 is 0 Å². The van der Waals surface area contributed by atoms with Gasteiger partial charge in [0, 0.05) is 38.2 Å². The number of rotatable bonds is 3. The lowest BCUT2D eigenvalue weighted by molar-refractivity contribution is 1.09. The summed E-state index contributed by atoms with van der Waals surface area (Å²) in [4.78, 5) is 5.48. The predicted molar refractivity (Wildman–Crippen MR) is 193 cm³/mol. The molecule has 10 rings (SSSR count). The van der Waals surface area contributed by atoms with Crippen LogP contribution in [-0.4, -0.2) is 14.1 Å². The van der Waals surface area contributed by atoms with Gasteiger partial charge in [0.15, 0.2) is 0 Å². The van der Waals surface area contributed by atoms with Gasteiger partial charge >= 0.3 is 0 Å². The first-order valence-corrected chi connectivity index (χ1v) is 15.7. The van der Waals surface area contributed by atoms with Crippen molar-refractivity contribution in [3.05, 3.63) is 164 Å². The van der Waals surface area contributed by atoms with E-state index in [1.165, 1.54) is 48.7 Å². The quantitative estimate of drug-likeness (QED) is 0.202. The zero-order chi connectivity index (χ0) is 30.2. The molecule has 0 fully saturated rings. The van der Waals surface area contributed by atoms with Gasteiger partial charge in [-0.1, -0.05) is 115 Å². The van der Waals surface area contributed by atoms with Crippen molar-refractivity contribution in [2.45, 2.75) is 0 Å². The predicted octanol–water partition coefficient (Wildman–Crippen LogP) is 11.2. The van der Waals surface area contributed by atoms with E-state index >= 15 is 0 Å². The van der Waals surface area contributed by atoms with Gasteiger partial charge in [0.2, 0.25) is 0 Å². The third-order valence-corrected chi connectivity index (χ3v) is 9.46. The topological polar surface area (TPSA) is 22.8 Å². The molecule has 0 amide bonds. The van der Waals surface area contributed by atoms with E-state index in [0.717, 1.165) is 39.2 Å². The van der Waals surface area contributed by atoms with E-state index in [1.807, 2.05) is 0 Å². The molecule has 0 atom stereocenters. The first-order chi connectivity index (χ1) is 22.8. The maximum absolute atomic E-state index is 5.48. The molecule has 0 saturated heterocycles. The SMILES string of the molecule is c1ccc(-n2c3ccccc3c3cc4c5ccccc5n(-c5cc6ccccc6c(-c6ccc7ccccc7c6)n5)c4cc32)cc1. The second-order valence-electron chi connectivity index (χ2n) is 12.0. The Morgan fingerprint density at radius 3 is 1.70 bits per heavy atom. The summed E-state index contributed by atoms with van der Waals surface area (Å²) in [6, 6.07) is 58.9. The molecule has 0 radical (unpaired) electrons. The highest BCUT2D eigenvalue weighted by Gasteiger charge is 2.20. The first-order valence-electron chi connectivity index (χ1n) is 15.7. The normalized spacial score (nSPS) is 11.9. The summed E-state index contributed by atoms with van der Waals surface area (Å²) in [7, 11) is 0. The number of hydrogen-bond donors (Lipinski definition) is 0. The van der Waals surface area contributed by atoms with Crippen molar-refractivity contribution in [2.75, 3.05) is 0 Å². The Bertz CT molecular complexity index is 2800. The van der Waals surface area contributed by atoms with Gasteiger partial charge in [0.05, 0.1) is 27.8 Å². The number of hydrogen-bond acceptors (Lipinski definition) is 1. The van der Waals surface area contributed by atoms with Crippen molar-refractivity contribution in [3.8, 4) is 22.8 Å². The van der Waals surface area contributed by atoms with Crippen molar-refractivity contribution in [1.82, 2.24) is 14.1 Å². The van der Waals surface area contributed by atoms with Crippen molar-refractivity contribution in [2.24, 2.45) is 0 Å². The monoisotopic (exact) mass is 585 g/mol. The molecule has 3 aromatic heterocycles. The van der Waals surface area contributed by atoms with E-state index in [-0.39, 0.29) is 0 Å². The third kappa shape index (κ3) is 3.63. The van der Waals surface area contributed by atoms with Crippen LogP contribution in [0.5, 0.6) is 0 Å². The Morgan fingerprint density at radius 1 is 0.348 bits per heavy atom. The Labute approximate surface area is 265 Å². The summed E-state index contributed by atoms with van der Waals surface area (Å²) >= 11 is 0. The molecular formula is C43H27N3. The summed E-state index contributed by atoms with van der Waals surface area (Å²) in [5.41, 5.74) is 7.93. The first kappa shape index (κ1) is 25.2. The summed E-state index contributed by atoms with van der Waals surface area (Å²) in [6.45, 7) is 0. The zero-order valence-electron chi connectivity index (χ0n) is 24.9. The van der Waals surface area contributed by atoms with Crippen LogP contribution in [0.15, 0.2) is 164 Å². The van der Waals surface area contributed by atoms with Gasteiger partial charge in [0.25, 0.3) is 0 Å². The van der Waals surface area contributed by atoms with Crippen LogP contribution in [0.3, 0.4) is 0 Å². The molecule has 0 aliphatic rings. The molecule has 0 bridgehead atoms. The van der Waals surface area contributed by atoms with Gasteiger partial charge in [-0.25, -0.2) is 4.98 Å². The summed E-state index contributed by atoms with van der Waals surface area (Å²) in [5, 5.41) is 9.70. The lowest BCUT2D eigenvalue weighted by Crippen LogP contribution is -2.00. The molecule has 10 aromatic rings. The van der Waals surface area contributed by atoms with Gasteiger partial charge in [0.1, 0.15) is 5.82 Å². The number of para-hydroxylation sites is 3. The minimum atomic E-state index is 0.912. The standard InChI is InChI=1S/C43H27N3/c1-2-15-32(16-3-1)45-38-20-10-8-18-34(38)36-26-37-35-19-9-11-21-39(35)46(41(37)27-40(36)45)42-25-30-14-6-7-17-33(30)43(44-42)31-23-22-28-12-4-5-13-29(28)24-31/h1-27H. The van der Waals surface area contributed by atoms with Crippen LogP contribution in [0.2, 0.25) is 0 Å². The summed E-state index contributed by atoms with van der Waals surface area (Å²) in [6.07, 6.45) is 0. The van der Waals surface area contributed by atoms with Crippen LogP contribution in [0.1, 0.15) is 0 Å². The van der Waals surface area contributed by atoms with Crippen molar-refractivity contribution < 1.29 is 0 Å². The average Bonchev–Trinajstić information content (AvgIpc) is 3.62. The Kier molecular flexibility index (Phi) is 5.28. The lowest BCUT2D eigenvalue weighted by atomic mass is 10.0. The van der Waals surface area contributed by atoms with Crippen LogP contribution in [-0.2, 0) is 0 Å². The van der Waals surface area contributed by atoms with Crippen LogP contribution >= 0.6 is 0 Å². The number of pyridine rings is 1. The highest BCUT2D eigenvalue weighted by Crippen LogP contribution is 2.40. The number of nitrogens with zero attached hydrogens (tertiary/aromatic N) is 3. The van der Waals surface area contributed by atoms with Gasteiger partial charge in [-0.2, -0.15) is 0 Å². The Morgan fingerprint density at radius 2 is 0.935 bits per heavy atom. The smallest absolute Gasteiger partial charge is 0.138 e. The van der Waals surface area contributed by atoms with E-state index in [4.69, 9.17) is 4.98 Å². The van der Waals surface area contributed by atoms with Gasteiger partial charge in [-0.3, -0.25) is 4.57 Å². The molecule has 0 aliphatic carbocycles. The van der Waals surface area contributed by atoms with Crippen LogP contribution < -0.4 is 0 Å². The molecular weight excluding hydrogens is 558 g/mol. The maximum atomic E-state index is 5.48. The molecule has 3 nitrogen and oxygen atoms in total. The molecule has 214 valence electrons. The van der Waals surface area contributed by atoms with E-state index in [1.54, 1.807) is 0 Å². The minimum Gasteiger partial charge on any atom is -0.309 e. The molecule has 0 spiro atoms. The molecule has 7 aromatic carbocycles. The average molecular weight is 586 g/mol. The largest absolute Gasteiger partial charge is 0.309 e. The molecule has 0 N–H and O–H groups in total. The second kappa shape index (κ2) is 9.65. The second-order valence-corrected chi connectivity index (χ2v) is 12.0. The lowest BCUT2D eigenvalue weighted by Gasteiger charge is -2.14. The highest BCUT2D eigenvalue weighted by molar-refractivity contribution is 6.19. The van der Waals surface area contributed by atoms with Gasteiger partial charge in [-0.15, -0.1) is 0 Å². The number of benzene rings is 7. The molecule has 0 saturated carbocycles. The molecule has 3 heterocycles. The highest BCUT2D eigenvalue weighted by atomic mass is 15.1. The molecule has 0 unspecified atom stereocenters. The Hall–Kier alpha value is -6.19. The fourth-order valence-corrected chi connectivity index (χ4v) is 7.39. The fraction of sp³-hybridized carbons (Fsp3) is 0. The molecule has 0 aliphatic heterocycles. The Balaban J connectivity index is 1.32. The minimum absolute atomic E-state index is 0.912. The van der Waals surface area contributed by atoms with Crippen molar-refractivity contribution in [1.29, 1.82) is 0 Å². The van der Waals surface area contributed by atoms with Crippen LogP contribution in [0.4, 0.5) is 0 Å². The van der Waals surface area contributed by atoms with Gasteiger partial charge < -0.3 is 4.57 Å². The summed E-state index contributed by atoms with van der Waals surface area (Å²) in [5.74, 6) is 0.912. The number of fused-ring (bicyclic) bond motifs is 8. The van der Waals surface area contributed by atoms with E-state index in [0.29, 0.717) is 0 Å². The van der Waals surface area contributed by atoms with E-state index in [9.17, 15) is 0 Å². The zero-order valence-corrected chi connectivity index (χ0v) is 24.9. The number of aromatic nitrogens is 3. The van der Waals surface area contributed by atoms with Crippen molar-refractivity contribution >= 4 is 65.2 Å². The fourth-order valence-electron chi connectivity index (χ4n) is 7.39.